The molecule has 1 aliphatic heterocycles. The molecule has 1 atom stereocenters. The van der Waals surface area contributed by atoms with Crippen LogP contribution in [0.25, 0.3) is 0 Å². The maximum absolute atomic E-state index is 12.6. The van der Waals surface area contributed by atoms with Crippen LogP contribution in [0.4, 0.5) is 5.82 Å². The predicted octanol–water partition coefficient (Wildman–Crippen LogP) is 0.620. The van der Waals surface area contributed by atoms with E-state index in [1.54, 1.807) is 17.3 Å². The number of aromatic hydroxyl groups is 1. The highest BCUT2D eigenvalue weighted by atomic mass is 16.5. The molecule has 0 saturated carbocycles. The maximum atomic E-state index is 12.6. The Morgan fingerprint density at radius 3 is 2.85 bits per heavy atom. The molecule has 138 valence electrons. The first-order chi connectivity index (χ1) is 12.4. The maximum Gasteiger partial charge on any atom is 0.257 e. The summed E-state index contributed by atoms with van der Waals surface area (Å²) in [6.07, 6.45) is 4.49. The highest BCUT2D eigenvalue weighted by molar-refractivity contribution is 5.94. The van der Waals surface area contributed by atoms with Gasteiger partial charge in [-0.2, -0.15) is 0 Å². The number of pyridine rings is 1. The van der Waals surface area contributed by atoms with Gasteiger partial charge in [0.15, 0.2) is 11.7 Å². The number of aromatic amines is 1. The molecule has 0 radical (unpaired) electrons. The Morgan fingerprint density at radius 2 is 2.12 bits per heavy atom. The zero-order chi connectivity index (χ0) is 18.7. The molecule has 1 fully saturated rings. The molecule has 26 heavy (non-hydrogen) atoms. The molecule has 1 aliphatic rings. The molecule has 1 amide bonds. The molecule has 3 heterocycles. The SMILES string of the molecule is CN(C)c1nccnc1OC1CCCN(C(=O)c2cc(O)[nH]c(=O)c2)C1. The molecule has 9 heteroatoms. The number of aromatic nitrogens is 3. The third-order valence-corrected chi connectivity index (χ3v) is 4.09. The molecule has 2 aromatic heterocycles. The second kappa shape index (κ2) is 7.42. The number of nitrogens with zero attached hydrogens (tertiary/aromatic N) is 4. The quantitative estimate of drug-likeness (QED) is 0.823. The van der Waals surface area contributed by atoms with E-state index in [0.29, 0.717) is 24.8 Å². The lowest BCUT2D eigenvalue weighted by Gasteiger charge is -2.33. The summed E-state index contributed by atoms with van der Waals surface area (Å²) >= 11 is 0. The Balaban J connectivity index is 1.73. The van der Waals surface area contributed by atoms with Crippen molar-refractivity contribution < 1.29 is 14.6 Å². The van der Waals surface area contributed by atoms with Gasteiger partial charge in [-0.05, 0) is 12.8 Å². The number of likely N-dealkylation sites (tertiary alicyclic amines) is 1. The van der Waals surface area contributed by atoms with Crippen molar-refractivity contribution in [2.75, 3.05) is 32.1 Å². The molecule has 1 saturated heterocycles. The van der Waals surface area contributed by atoms with E-state index in [0.717, 1.165) is 12.8 Å². The van der Waals surface area contributed by atoms with E-state index < -0.39 is 5.56 Å². The van der Waals surface area contributed by atoms with Gasteiger partial charge in [-0.3, -0.25) is 14.6 Å². The van der Waals surface area contributed by atoms with Crippen molar-refractivity contribution >= 4 is 11.7 Å². The molecule has 2 aromatic rings. The van der Waals surface area contributed by atoms with E-state index in [-0.39, 0.29) is 23.5 Å². The summed E-state index contributed by atoms with van der Waals surface area (Å²) in [4.78, 5) is 38.3. The van der Waals surface area contributed by atoms with Gasteiger partial charge in [0.1, 0.15) is 6.10 Å². The topological polar surface area (TPSA) is 112 Å². The summed E-state index contributed by atoms with van der Waals surface area (Å²) in [6.45, 7) is 0.934. The van der Waals surface area contributed by atoms with Crippen LogP contribution >= 0.6 is 0 Å². The Morgan fingerprint density at radius 1 is 1.35 bits per heavy atom. The molecule has 0 aliphatic carbocycles. The smallest absolute Gasteiger partial charge is 0.257 e. The van der Waals surface area contributed by atoms with Crippen LogP contribution in [-0.4, -0.2) is 64.2 Å². The van der Waals surface area contributed by atoms with Gasteiger partial charge in [0.05, 0.1) is 12.1 Å². The van der Waals surface area contributed by atoms with Crippen molar-refractivity contribution in [3.63, 3.8) is 0 Å². The lowest BCUT2D eigenvalue weighted by Crippen LogP contribution is -2.44. The van der Waals surface area contributed by atoms with E-state index in [4.69, 9.17) is 4.74 Å². The van der Waals surface area contributed by atoms with Crippen LogP contribution in [-0.2, 0) is 0 Å². The normalized spacial score (nSPS) is 17.0. The fourth-order valence-corrected chi connectivity index (χ4v) is 2.92. The monoisotopic (exact) mass is 359 g/mol. The van der Waals surface area contributed by atoms with Gasteiger partial charge in [0.2, 0.25) is 0 Å². The van der Waals surface area contributed by atoms with Gasteiger partial charge in [0.25, 0.3) is 17.3 Å². The minimum atomic E-state index is -0.520. The van der Waals surface area contributed by atoms with E-state index in [1.807, 2.05) is 19.0 Å². The van der Waals surface area contributed by atoms with E-state index in [9.17, 15) is 14.7 Å². The number of anilines is 1. The minimum Gasteiger partial charge on any atom is -0.494 e. The summed E-state index contributed by atoms with van der Waals surface area (Å²) in [5.74, 6) is 0.397. The van der Waals surface area contributed by atoms with Crippen LogP contribution in [0.15, 0.2) is 29.3 Å². The molecule has 0 spiro atoms. The Hall–Kier alpha value is -3.10. The second-order valence-corrected chi connectivity index (χ2v) is 6.33. The van der Waals surface area contributed by atoms with Gasteiger partial charge < -0.3 is 19.6 Å². The molecule has 0 aromatic carbocycles. The first-order valence-corrected chi connectivity index (χ1v) is 8.31. The third kappa shape index (κ3) is 3.93. The van der Waals surface area contributed by atoms with Crippen LogP contribution < -0.4 is 15.2 Å². The van der Waals surface area contributed by atoms with Gasteiger partial charge in [-0.15, -0.1) is 0 Å². The van der Waals surface area contributed by atoms with Crippen LogP contribution in [0.3, 0.4) is 0 Å². The summed E-state index contributed by atoms with van der Waals surface area (Å²) in [6, 6.07) is 2.43. The van der Waals surface area contributed by atoms with Crippen LogP contribution in [0.5, 0.6) is 11.8 Å². The standard InChI is InChI=1S/C17H21N5O4/c1-21(2)15-16(19-6-5-18-15)26-12-4-3-7-22(10-12)17(25)11-8-13(23)20-14(24)9-11/h5-6,8-9,12H,3-4,7,10H2,1-2H3,(H2,20,23,24). The lowest BCUT2D eigenvalue weighted by molar-refractivity contribution is 0.0527. The number of nitrogens with one attached hydrogen (secondary N) is 1. The average molecular weight is 359 g/mol. The highest BCUT2D eigenvalue weighted by Gasteiger charge is 2.27. The van der Waals surface area contributed by atoms with E-state index in [1.165, 1.54) is 12.1 Å². The minimum absolute atomic E-state index is 0.153. The van der Waals surface area contributed by atoms with Crippen molar-refractivity contribution in [3.8, 4) is 11.8 Å². The largest absolute Gasteiger partial charge is 0.494 e. The molecule has 3 rings (SSSR count). The van der Waals surface area contributed by atoms with E-state index >= 15 is 0 Å². The first-order valence-electron chi connectivity index (χ1n) is 8.31. The van der Waals surface area contributed by atoms with Crippen LogP contribution in [0, 0.1) is 0 Å². The summed E-state index contributed by atoms with van der Waals surface area (Å²) in [7, 11) is 3.71. The number of rotatable bonds is 4. The van der Waals surface area contributed by atoms with Crippen LogP contribution in [0.2, 0.25) is 0 Å². The summed E-state index contributed by atoms with van der Waals surface area (Å²) in [5.41, 5.74) is -0.367. The zero-order valence-corrected chi connectivity index (χ0v) is 14.7. The van der Waals surface area contributed by atoms with Gasteiger partial charge in [-0.25, -0.2) is 9.97 Å². The van der Waals surface area contributed by atoms with Crippen LogP contribution in [0.1, 0.15) is 23.2 Å². The van der Waals surface area contributed by atoms with Gasteiger partial charge in [-0.1, -0.05) is 0 Å². The number of ether oxygens (including phenoxy) is 1. The van der Waals surface area contributed by atoms with E-state index in [2.05, 4.69) is 15.0 Å². The molecule has 9 nitrogen and oxygen atoms in total. The fraction of sp³-hybridized carbons (Fsp3) is 0.412. The van der Waals surface area contributed by atoms with Crippen molar-refractivity contribution in [1.29, 1.82) is 0 Å². The molecule has 0 bridgehead atoms. The van der Waals surface area contributed by atoms with Gasteiger partial charge >= 0.3 is 0 Å². The Kier molecular flexibility index (Phi) is 5.06. The number of piperidine rings is 1. The lowest BCUT2D eigenvalue weighted by atomic mass is 10.1. The molecular formula is C17H21N5O4. The number of hydrogen-bond donors (Lipinski definition) is 2. The number of carbonyl (C=O) groups excluding carboxylic acids is 1. The van der Waals surface area contributed by atoms with Crippen molar-refractivity contribution in [2.45, 2.75) is 18.9 Å². The summed E-state index contributed by atoms with van der Waals surface area (Å²) in [5, 5.41) is 9.50. The second-order valence-electron chi connectivity index (χ2n) is 6.33. The first kappa shape index (κ1) is 17.7. The Bertz CT molecular complexity index is 851. The third-order valence-electron chi connectivity index (χ3n) is 4.09. The fourth-order valence-electron chi connectivity index (χ4n) is 2.92. The van der Waals surface area contributed by atoms with Gasteiger partial charge in [0, 0.05) is 45.2 Å². The number of amides is 1. The molecular weight excluding hydrogens is 338 g/mol. The van der Waals surface area contributed by atoms with Crippen molar-refractivity contribution in [1.82, 2.24) is 19.9 Å². The zero-order valence-electron chi connectivity index (χ0n) is 14.7. The number of H-pyrrole nitrogens is 1. The summed E-state index contributed by atoms with van der Waals surface area (Å²) < 4.78 is 5.99. The Labute approximate surface area is 150 Å². The number of hydrogen-bond acceptors (Lipinski definition) is 7. The predicted molar refractivity (Wildman–Crippen MR) is 94.6 cm³/mol. The van der Waals surface area contributed by atoms with Crippen molar-refractivity contribution in [3.05, 3.63) is 40.4 Å². The molecule has 1 unspecified atom stereocenters. The van der Waals surface area contributed by atoms with Crippen molar-refractivity contribution in [2.24, 2.45) is 0 Å². The molecule has 2 N–H and O–H groups in total. The average Bonchev–Trinajstić information content (AvgIpc) is 2.61. The number of carbonyl (C=O) groups is 1. The highest BCUT2D eigenvalue weighted by Crippen LogP contribution is 2.24.